The SMILES string of the molecule is CSc1cc(C(C)(C)CC(=O)O)cc(SC)c1SC. The second-order valence-corrected chi connectivity index (χ2v) is 7.38. The monoisotopic (exact) mass is 316 g/mol. The summed E-state index contributed by atoms with van der Waals surface area (Å²) in [4.78, 5) is 14.8. The number of rotatable bonds is 6. The van der Waals surface area contributed by atoms with E-state index in [1.807, 2.05) is 13.8 Å². The summed E-state index contributed by atoms with van der Waals surface area (Å²) in [5.74, 6) is -0.754. The molecular formula is C14H20O2S3. The fourth-order valence-corrected chi connectivity index (χ4v) is 4.62. The molecule has 0 saturated heterocycles. The van der Waals surface area contributed by atoms with Crippen molar-refractivity contribution >= 4 is 41.3 Å². The summed E-state index contributed by atoms with van der Waals surface area (Å²) in [5.41, 5.74) is 0.749. The lowest BCUT2D eigenvalue weighted by molar-refractivity contribution is -0.138. The Morgan fingerprint density at radius 1 is 1.11 bits per heavy atom. The van der Waals surface area contributed by atoms with Crippen molar-refractivity contribution in [1.82, 2.24) is 0 Å². The fraction of sp³-hybridized carbons (Fsp3) is 0.500. The van der Waals surface area contributed by atoms with Gasteiger partial charge in [-0.25, -0.2) is 0 Å². The van der Waals surface area contributed by atoms with Crippen LogP contribution in [0.5, 0.6) is 0 Å². The predicted octanol–water partition coefficient (Wildman–Crippen LogP) is 4.60. The van der Waals surface area contributed by atoms with Crippen LogP contribution in [0.2, 0.25) is 0 Å². The summed E-state index contributed by atoms with van der Waals surface area (Å²) in [6, 6.07) is 4.28. The lowest BCUT2D eigenvalue weighted by Gasteiger charge is -2.25. The number of thioether (sulfide) groups is 3. The number of carboxylic acid groups (broad SMARTS) is 1. The molecule has 0 heterocycles. The van der Waals surface area contributed by atoms with Crippen LogP contribution in [-0.4, -0.2) is 29.8 Å². The zero-order valence-corrected chi connectivity index (χ0v) is 14.4. The molecule has 5 heteroatoms. The van der Waals surface area contributed by atoms with E-state index in [9.17, 15) is 4.79 Å². The molecular weight excluding hydrogens is 296 g/mol. The molecule has 0 aromatic heterocycles. The van der Waals surface area contributed by atoms with Gasteiger partial charge >= 0.3 is 5.97 Å². The third kappa shape index (κ3) is 4.10. The lowest BCUT2D eigenvalue weighted by atomic mass is 9.81. The van der Waals surface area contributed by atoms with Gasteiger partial charge < -0.3 is 5.11 Å². The Kier molecular flexibility index (Phi) is 6.15. The fourth-order valence-electron chi connectivity index (χ4n) is 1.95. The summed E-state index contributed by atoms with van der Waals surface area (Å²) in [5, 5.41) is 9.05. The third-order valence-corrected chi connectivity index (χ3v) is 5.67. The van der Waals surface area contributed by atoms with Gasteiger partial charge in [0.25, 0.3) is 0 Å². The summed E-state index contributed by atoms with van der Waals surface area (Å²) in [7, 11) is 0. The average Bonchev–Trinajstić information content (AvgIpc) is 2.35. The molecule has 0 aliphatic heterocycles. The molecule has 0 bridgehead atoms. The van der Waals surface area contributed by atoms with Crippen LogP contribution < -0.4 is 0 Å². The molecule has 2 nitrogen and oxygen atoms in total. The quantitative estimate of drug-likeness (QED) is 0.776. The predicted molar refractivity (Wildman–Crippen MR) is 87.1 cm³/mol. The first-order valence-electron chi connectivity index (χ1n) is 5.88. The van der Waals surface area contributed by atoms with Crippen LogP contribution in [0.15, 0.2) is 26.8 Å². The van der Waals surface area contributed by atoms with Crippen LogP contribution in [0.1, 0.15) is 25.8 Å². The van der Waals surface area contributed by atoms with E-state index in [-0.39, 0.29) is 11.8 Å². The van der Waals surface area contributed by atoms with Crippen molar-refractivity contribution in [1.29, 1.82) is 0 Å². The van der Waals surface area contributed by atoms with Crippen molar-refractivity contribution in [3.05, 3.63) is 17.7 Å². The van der Waals surface area contributed by atoms with Gasteiger partial charge in [-0.2, -0.15) is 0 Å². The summed E-state index contributed by atoms with van der Waals surface area (Å²) in [6.45, 7) is 3.98. The first-order chi connectivity index (χ1) is 8.85. The summed E-state index contributed by atoms with van der Waals surface area (Å²) < 4.78 is 0. The van der Waals surface area contributed by atoms with E-state index in [0.717, 1.165) is 5.56 Å². The molecule has 0 aliphatic rings. The Bertz CT molecular complexity index is 445. The Morgan fingerprint density at radius 2 is 1.58 bits per heavy atom. The Labute approximate surface area is 128 Å². The molecule has 0 radical (unpaired) electrons. The highest BCUT2D eigenvalue weighted by molar-refractivity contribution is 8.03. The first kappa shape index (κ1) is 16.8. The zero-order valence-electron chi connectivity index (χ0n) is 11.9. The minimum atomic E-state index is -0.754. The van der Waals surface area contributed by atoms with Crippen LogP contribution in [0.3, 0.4) is 0 Å². The molecule has 0 amide bonds. The lowest BCUT2D eigenvalue weighted by Crippen LogP contribution is -2.21. The molecule has 0 spiro atoms. The second kappa shape index (κ2) is 6.95. The van der Waals surface area contributed by atoms with Gasteiger partial charge in [0.15, 0.2) is 0 Å². The van der Waals surface area contributed by atoms with Crippen molar-refractivity contribution < 1.29 is 9.90 Å². The molecule has 0 unspecified atom stereocenters. The number of benzene rings is 1. The van der Waals surface area contributed by atoms with Crippen molar-refractivity contribution in [3.8, 4) is 0 Å². The number of hydrogen-bond donors (Lipinski definition) is 1. The highest BCUT2D eigenvalue weighted by atomic mass is 32.2. The Balaban J connectivity index is 3.33. The highest BCUT2D eigenvalue weighted by Crippen LogP contribution is 2.40. The Morgan fingerprint density at radius 3 is 1.89 bits per heavy atom. The van der Waals surface area contributed by atoms with Gasteiger partial charge in [-0.15, -0.1) is 35.3 Å². The van der Waals surface area contributed by atoms with Gasteiger partial charge in [0.05, 0.1) is 6.42 Å². The van der Waals surface area contributed by atoms with Crippen molar-refractivity contribution in [2.24, 2.45) is 0 Å². The van der Waals surface area contributed by atoms with E-state index in [2.05, 4.69) is 30.9 Å². The van der Waals surface area contributed by atoms with E-state index < -0.39 is 5.97 Å². The topological polar surface area (TPSA) is 37.3 Å². The van der Waals surface area contributed by atoms with Gasteiger partial charge in [-0.1, -0.05) is 13.8 Å². The Hall–Kier alpha value is -0.260. The number of aliphatic carboxylic acids is 1. The van der Waals surface area contributed by atoms with E-state index in [0.29, 0.717) is 0 Å². The summed E-state index contributed by atoms with van der Waals surface area (Å²) >= 11 is 5.18. The minimum absolute atomic E-state index is 0.146. The van der Waals surface area contributed by atoms with Crippen LogP contribution in [0, 0.1) is 0 Å². The molecule has 0 saturated carbocycles. The maximum absolute atomic E-state index is 11.0. The van der Waals surface area contributed by atoms with Gasteiger partial charge in [-0.05, 0) is 36.5 Å². The minimum Gasteiger partial charge on any atom is -0.481 e. The van der Waals surface area contributed by atoms with Crippen LogP contribution in [-0.2, 0) is 10.2 Å². The van der Waals surface area contributed by atoms with Crippen LogP contribution >= 0.6 is 35.3 Å². The van der Waals surface area contributed by atoms with Gasteiger partial charge in [0.1, 0.15) is 0 Å². The largest absolute Gasteiger partial charge is 0.481 e. The van der Waals surface area contributed by atoms with Crippen molar-refractivity contribution in [2.45, 2.75) is 40.4 Å². The molecule has 1 aromatic carbocycles. The number of carbonyl (C=O) groups is 1. The third-order valence-electron chi connectivity index (χ3n) is 3.04. The van der Waals surface area contributed by atoms with E-state index >= 15 is 0 Å². The van der Waals surface area contributed by atoms with Crippen LogP contribution in [0.25, 0.3) is 0 Å². The van der Waals surface area contributed by atoms with Gasteiger partial charge in [0, 0.05) is 20.1 Å². The summed E-state index contributed by atoms with van der Waals surface area (Å²) in [6.07, 6.45) is 6.35. The standard InChI is InChI=1S/C14H20O2S3/c1-14(2,8-12(15)16)9-6-10(17-3)13(19-5)11(7-9)18-4/h6-7H,8H2,1-5H3,(H,15,16). The molecule has 106 valence electrons. The highest BCUT2D eigenvalue weighted by Gasteiger charge is 2.26. The van der Waals surface area contributed by atoms with Gasteiger partial charge in [0.2, 0.25) is 0 Å². The molecule has 1 N–H and O–H groups in total. The van der Waals surface area contributed by atoms with Gasteiger partial charge in [-0.3, -0.25) is 4.79 Å². The second-order valence-electron chi connectivity index (χ2n) is 4.87. The molecule has 1 aromatic rings. The maximum Gasteiger partial charge on any atom is 0.304 e. The van der Waals surface area contributed by atoms with E-state index in [1.165, 1.54) is 14.7 Å². The zero-order chi connectivity index (χ0) is 14.6. The molecule has 1 rings (SSSR count). The van der Waals surface area contributed by atoms with Crippen molar-refractivity contribution in [3.63, 3.8) is 0 Å². The molecule has 0 aliphatic carbocycles. The number of hydrogen-bond acceptors (Lipinski definition) is 4. The smallest absolute Gasteiger partial charge is 0.304 e. The molecule has 0 fully saturated rings. The average molecular weight is 317 g/mol. The maximum atomic E-state index is 11.0. The van der Waals surface area contributed by atoms with E-state index in [1.54, 1.807) is 35.3 Å². The molecule has 19 heavy (non-hydrogen) atoms. The van der Waals surface area contributed by atoms with Crippen LogP contribution in [0.4, 0.5) is 0 Å². The van der Waals surface area contributed by atoms with E-state index in [4.69, 9.17) is 5.11 Å². The first-order valence-corrected chi connectivity index (χ1v) is 9.55. The molecule has 0 atom stereocenters. The van der Waals surface area contributed by atoms with Crippen molar-refractivity contribution in [2.75, 3.05) is 18.8 Å². The number of carboxylic acids is 1. The normalized spacial score (nSPS) is 11.6.